The Morgan fingerprint density at radius 3 is 2.93 bits per heavy atom. The van der Waals surface area contributed by atoms with Crippen LogP contribution in [0.1, 0.15) is 13.8 Å². The summed E-state index contributed by atoms with van der Waals surface area (Å²) in [4.78, 5) is 2.58. The average Bonchev–Trinajstić information content (AvgIpc) is 2.24. The van der Waals surface area contributed by atoms with Crippen LogP contribution in [0.2, 0.25) is 0 Å². The fourth-order valence-corrected chi connectivity index (χ4v) is 3.00. The number of nitrogens with zero attached hydrogens (tertiary/aromatic N) is 1. The van der Waals surface area contributed by atoms with E-state index in [4.69, 9.17) is 4.74 Å². The fourth-order valence-electron chi connectivity index (χ4n) is 1.83. The first kappa shape index (κ1) is 13.3. The van der Waals surface area contributed by atoms with Crippen LogP contribution in [0.4, 0.5) is 0 Å². The van der Waals surface area contributed by atoms with E-state index in [0.29, 0.717) is 6.04 Å². The molecule has 4 heteroatoms. The van der Waals surface area contributed by atoms with Gasteiger partial charge in [-0.25, -0.2) is 0 Å². The van der Waals surface area contributed by atoms with Crippen molar-refractivity contribution in [2.24, 2.45) is 0 Å². The molecule has 1 aliphatic heterocycles. The molecule has 2 atom stereocenters. The second-order valence-electron chi connectivity index (χ2n) is 4.10. The highest BCUT2D eigenvalue weighted by atomic mass is 32.2. The van der Waals surface area contributed by atoms with Gasteiger partial charge in [-0.05, 0) is 6.92 Å². The molecule has 2 unspecified atom stereocenters. The second kappa shape index (κ2) is 7.49. The lowest BCUT2D eigenvalue weighted by Crippen LogP contribution is -2.47. The highest BCUT2D eigenvalue weighted by Gasteiger charge is 2.24. The monoisotopic (exact) mass is 232 g/mol. The largest absolute Gasteiger partial charge is 0.383 e. The molecule has 1 aliphatic rings. The highest BCUT2D eigenvalue weighted by Crippen LogP contribution is 2.23. The van der Waals surface area contributed by atoms with Gasteiger partial charge in [0.2, 0.25) is 0 Å². The molecule has 0 radical (unpaired) electrons. The standard InChI is InChI=1S/C11H24N2OS/c1-10-11(2)15-9-7-13(10)6-4-12-5-8-14-3/h10-12H,4-9H2,1-3H3. The summed E-state index contributed by atoms with van der Waals surface area (Å²) >= 11 is 2.10. The quantitative estimate of drug-likeness (QED) is 0.692. The molecule has 1 heterocycles. The van der Waals surface area contributed by atoms with Crippen molar-refractivity contribution < 1.29 is 4.74 Å². The van der Waals surface area contributed by atoms with Gasteiger partial charge in [0, 0.05) is 50.3 Å². The minimum atomic E-state index is 0.716. The van der Waals surface area contributed by atoms with Crippen LogP contribution in [-0.2, 0) is 4.74 Å². The van der Waals surface area contributed by atoms with Crippen LogP contribution in [0, 0.1) is 0 Å². The average molecular weight is 232 g/mol. The Balaban J connectivity index is 2.09. The predicted molar refractivity (Wildman–Crippen MR) is 67.7 cm³/mol. The Hall–Kier alpha value is 0.230. The lowest BCUT2D eigenvalue weighted by atomic mass is 10.2. The number of thioether (sulfide) groups is 1. The van der Waals surface area contributed by atoms with Gasteiger partial charge in [0.25, 0.3) is 0 Å². The zero-order valence-corrected chi connectivity index (χ0v) is 11.0. The number of nitrogens with one attached hydrogen (secondary N) is 1. The maximum atomic E-state index is 4.99. The third-order valence-electron chi connectivity index (χ3n) is 3.07. The molecule has 0 amide bonds. The third kappa shape index (κ3) is 4.72. The van der Waals surface area contributed by atoms with Gasteiger partial charge in [0.1, 0.15) is 0 Å². The van der Waals surface area contributed by atoms with Crippen LogP contribution < -0.4 is 5.32 Å². The Morgan fingerprint density at radius 2 is 2.20 bits per heavy atom. The SMILES string of the molecule is COCCNCCN1CCSC(C)C1C. The van der Waals surface area contributed by atoms with Gasteiger partial charge in [0.15, 0.2) is 0 Å². The van der Waals surface area contributed by atoms with E-state index in [0.717, 1.165) is 31.5 Å². The van der Waals surface area contributed by atoms with Crippen LogP contribution in [-0.4, -0.2) is 61.8 Å². The minimum Gasteiger partial charge on any atom is -0.383 e. The van der Waals surface area contributed by atoms with Gasteiger partial charge >= 0.3 is 0 Å². The molecule has 3 nitrogen and oxygen atoms in total. The topological polar surface area (TPSA) is 24.5 Å². The van der Waals surface area contributed by atoms with Gasteiger partial charge in [-0.2, -0.15) is 11.8 Å². The van der Waals surface area contributed by atoms with Crippen molar-refractivity contribution in [2.75, 3.05) is 45.6 Å². The van der Waals surface area contributed by atoms with Crippen LogP contribution in [0.15, 0.2) is 0 Å². The van der Waals surface area contributed by atoms with Crippen molar-refractivity contribution in [1.82, 2.24) is 10.2 Å². The van der Waals surface area contributed by atoms with Gasteiger partial charge in [-0.3, -0.25) is 4.90 Å². The second-order valence-corrected chi connectivity index (χ2v) is 5.58. The summed E-state index contributed by atoms with van der Waals surface area (Å²) in [6.07, 6.45) is 0. The van der Waals surface area contributed by atoms with Crippen LogP contribution in [0.25, 0.3) is 0 Å². The van der Waals surface area contributed by atoms with E-state index in [1.165, 1.54) is 12.3 Å². The summed E-state index contributed by atoms with van der Waals surface area (Å²) in [6, 6.07) is 0.716. The Morgan fingerprint density at radius 1 is 1.40 bits per heavy atom. The predicted octanol–water partition coefficient (Wildman–Crippen LogP) is 1.05. The lowest BCUT2D eigenvalue weighted by Gasteiger charge is -2.37. The fraction of sp³-hybridized carbons (Fsp3) is 1.00. The zero-order valence-electron chi connectivity index (χ0n) is 10.2. The number of hydrogen-bond acceptors (Lipinski definition) is 4. The summed E-state index contributed by atoms with van der Waals surface area (Å²) in [5.41, 5.74) is 0. The van der Waals surface area contributed by atoms with Crippen molar-refractivity contribution in [2.45, 2.75) is 25.1 Å². The van der Waals surface area contributed by atoms with E-state index in [2.05, 4.69) is 35.8 Å². The molecule has 0 aromatic carbocycles. The van der Waals surface area contributed by atoms with E-state index >= 15 is 0 Å². The minimum absolute atomic E-state index is 0.716. The molecular formula is C11H24N2OS. The molecule has 1 fully saturated rings. The molecule has 1 saturated heterocycles. The van der Waals surface area contributed by atoms with E-state index in [1.54, 1.807) is 7.11 Å². The number of rotatable bonds is 6. The smallest absolute Gasteiger partial charge is 0.0587 e. The van der Waals surface area contributed by atoms with Gasteiger partial charge < -0.3 is 10.1 Å². The molecule has 1 rings (SSSR count). The maximum Gasteiger partial charge on any atom is 0.0587 e. The van der Waals surface area contributed by atoms with Crippen LogP contribution in [0.3, 0.4) is 0 Å². The highest BCUT2D eigenvalue weighted by molar-refractivity contribution is 8.00. The van der Waals surface area contributed by atoms with Gasteiger partial charge in [-0.1, -0.05) is 6.92 Å². The van der Waals surface area contributed by atoms with Crippen LogP contribution >= 0.6 is 11.8 Å². The molecule has 15 heavy (non-hydrogen) atoms. The molecule has 90 valence electrons. The zero-order chi connectivity index (χ0) is 11.1. The summed E-state index contributed by atoms with van der Waals surface area (Å²) in [5, 5.41) is 4.17. The van der Waals surface area contributed by atoms with Crippen molar-refractivity contribution in [1.29, 1.82) is 0 Å². The Labute approximate surface area is 97.9 Å². The van der Waals surface area contributed by atoms with E-state index < -0.39 is 0 Å². The first-order valence-electron chi connectivity index (χ1n) is 5.81. The number of ether oxygens (including phenoxy) is 1. The number of methoxy groups -OCH3 is 1. The molecule has 1 N–H and O–H groups in total. The molecule has 0 spiro atoms. The first-order valence-corrected chi connectivity index (χ1v) is 6.86. The molecule has 0 aromatic rings. The van der Waals surface area contributed by atoms with Gasteiger partial charge in [-0.15, -0.1) is 0 Å². The molecule has 0 bridgehead atoms. The third-order valence-corrected chi connectivity index (χ3v) is 4.41. The van der Waals surface area contributed by atoms with Crippen LogP contribution in [0.5, 0.6) is 0 Å². The van der Waals surface area contributed by atoms with Crippen molar-refractivity contribution in [3.8, 4) is 0 Å². The van der Waals surface area contributed by atoms with E-state index in [-0.39, 0.29) is 0 Å². The van der Waals surface area contributed by atoms with Gasteiger partial charge in [0.05, 0.1) is 6.61 Å². The summed E-state index contributed by atoms with van der Waals surface area (Å²) in [7, 11) is 1.74. The maximum absolute atomic E-state index is 4.99. The lowest BCUT2D eigenvalue weighted by molar-refractivity contribution is 0.189. The Bertz CT molecular complexity index is 169. The molecule has 0 aromatic heterocycles. The van der Waals surface area contributed by atoms with E-state index in [9.17, 15) is 0 Å². The molecule has 0 aliphatic carbocycles. The summed E-state index contributed by atoms with van der Waals surface area (Å²) in [5.74, 6) is 1.28. The van der Waals surface area contributed by atoms with Crippen molar-refractivity contribution >= 4 is 11.8 Å². The van der Waals surface area contributed by atoms with E-state index in [1.807, 2.05) is 0 Å². The molecule has 0 saturated carbocycles. The normalized spacial score (nSPS) is 28.2. The first-order chi connectivity index (χ1) is 7.25. The summed E-state index contributed by atoms with van der Waals surface area (Å²) < 4.78 is 4.99. The number of hydrogen-bond donors (Lipinski definition) is 1. The molecular weight excluding hydrogens is 208 g/mol. The summed E-state index contributed by atoms with van der Waals surface area (Å²) in [6.45, 7) is 9.92. The Kier molecular flexibility index (Phi) is 6.64. The van der Waals surface area contributed by atoms with Crippen molar-refractivity contribution in [3.63, 3.8) is 0 Å². The van der Waals surface area contributed by atoms with Crippen molar-refractivity contribution in [3.05, 3.63) is 0 Å².